The highest BCUT2D eigenvalue weighted by Gasteiger charge is 2.20. The first-order valence-electron chi connectivity index (χ1n) is 6.28. The second-order valence-electron chi connectivity index (χ2n) is 6.15. The molecule has 0 aliphatic rings. The van der Waals surface area contributed by atoms with E-state index in [4.69, 9.17) is 4.42 Å². The van der Waals surface area contributed by atoms with Gasteiger partial charge in [-0.25, -0.2) is 4.98 Å². The predicted octanol–water partition coefficient (Wildman–Crippen LogP) is 4.41. The summed E-state index contributed by atoms with van der Waals surface area (Å²) in [7, 11) is 0. The summed E-state index contributed by atoms with van der Waals surface area (Å²) in [5, 5.41) is 0. The fourth-order valence-corrected chi connectivity index (χ4v) is 2.03. The summed E-state index contributed by atoms with van der Waals surface area (Å²) in [5.74, 6) is 3.04. The van der Waals surface area contributed by atoms with Crippen LogP contribution in [0.5, 0.6) is 0 Å². The van der Waals surface area contributed by atoms with Crippen LogP contribution in [0.4, 0.5) is 0 Å². The van der Waals surface area contributed by atoms with Crippen LogP contribution in [0, 0.1) is 11.3 Å². The van der Waals surface area contributed by atoms with Gasteiger partial charge in [-0.05, 0) is 17.8 Å². The van der Waals surface area contributed by atoms with Gasteiger partial charge in [0.2, 0.25) is 0 Å². The van der Waals surface area contributed by atoms with Crippen molar-refractivity contribution in [3.8, 4) is 0 Å². The molecule has 0 radical (unpaired) electrons. The number of hydrogen-bond acceptors (Lipinski definition) is 2. The highest BCUT2D eigenvalue weighted by atomic mass is 16.4. The number of aromatic nitrogens is 1. The van der Waals surface area contributed by atoms with Crippen LogP contribution in [0.3, 0.4) is 0 Å². The third-order valence-corrected chi connectivity index (χ3v) is 2.86. The standard InChI is InChI=1S/C14H25NO/c1-7-11(10(2)3)12-9-15-13(16-12)8-14(4,5)6/h9-11H,7-8H2,1-6H3. The fourth-order valence-electron chi connectivity index (χ4n) is 2.03. The molecule has 0 bridgehead atoms. The molecule has 2 nitrogen and oxygen atoms in total. The Morgan fingerprint density at radius 1 is 1.31 bits per heavy atom. The van der Waals surface area contributed by atoms with Crippen LogP contribution in [0.15, 0.2) is 10.6 Å². The molecule has 0 aromatic carbocycles. The molecule has 1 aromatic rings. The van der Waals surface area contributed by atoms with E-state index in [0.29, 0.717) is 11.8 Å². The maximum absolute atomic E-state index is 5.86. The summed E-state index contributed by atoms with van der Waals surface area (Å²) in [4.78, 5) is 4.39. The maximum atomic E-state index is 5.86. The topological polar surface area (TPSA) is 26.0 Å². The molecule has 0 saturated heterocycles. The Labute approximate surface area is 99.5 Å². The molecule has 1 atom stereocenters. The number of hydrogen-bond donors (Lipinski definition) is 0. The first-order chi connectivity index (χ1) is 7.33. The van der Waals surface area contributed by atoms with Gasteiger partial charge in [0, 0.05) is 12.3 Å². The molecule has 1 unspecified atom stereocenters. The van der Waals surface area contributed by atoms with E-state index in [9.17, 15) is 0 Å². The molecule has 1 heterocycles. The average Bonchev–Trinajstić information content (AvgIpc) is 2.50. The van der Waals surface area contributed by atoms with Crippen molar-refractivity contribution < 1.29 is 4.42 Å². The van der Waals surface area contributed by atoms with Gasteiger partial charge in [-0.3, -0.25) is 0 Å². The molecule has 0 aliphatic heterocycles. The van der Waals surface area contributed by atoms with Crippen molar-refractivity contribution in [2.45, 2.75) is 60.3 Å². The molecule has 0 aliphatic carbocycles. The largest absolute Gasteiger partial charge is 0.445 e. The molecule has 0 spiro atoms. The number of oxazole rings is 1. The van der Waals surface area contributed by atoms with E-state index in [0.717, 1.165) is 24.5 Å². The van der Waals surface area contributed by atoms with E-state index < -0.39 is 0 Å². The minimum absolute atomic E-state index is 0.238. The minimum atomic E-state index is 0.238. The molecule has 16 heavy (non-hydrogen) atoms. The maximum Gasteiger partial charge on any atom is 0.194 e. The van der Waals surface area contributed by atoms with Crippen molar-refractivity contribution in [3.05, 3.63) is 17.8 Å². The Bertz CT molecular complexity index is 320. The summed E-state index contributed by atoms with van der Waals surface area (Å²) < 4.78 is 5.86. The van der Waals surface area contributed by atoms with Crippen LogP contribution in [0.25, 0.3) is 0 Å². The van der Waals surface area contributed by atoms with Crippen LogP contribution in [0.1, 0.15) is 65.5 Å². The van der Waals surface area contributed by atoms with Gasteiger partial charge in [-0.1, -0.05) is 41.5 Å². The molecular weight excluding hydrogens is 198 g/mol. The molecule has 0 N–H and O–H groups in total. The lowest BCUT2D eigenvalue weighted by molar-refractivity contribution is 0.322. The second kappa shape index (κ2) is 5.03. The van der Waals surface area contributed by atoms with Crippen LogP contribution in [0.2, 0.25) is 0 Å². The highest BCUT2D eigenvalue weighted by Crippen LogP contribution is 2.29. The smallest absolute Gasteiger partial charge is 0.194 e. The minimum Gasteiger partial charge on any atom is -0.445 e. The van der Waals surface area contributed by atoms with Gasteiger partial charge >= 0.3 is 0 Å². The summed E-state index contributed by atoms with van der Waals surface area (Å²) in [6.07, 6.45) is 3.93. The first-order valence-corrected chi connectivity index (χ1v) is 6.28. The van der Waals surface area contributed by atoms with E-state index in [-0.39, 0.29) is 5.41 Å². The molecule has 0 amide bonds. The van der Waals surface area contributed by atoms with Crippen molar-refractivity contribution in [3.63, 3.8) is 0 Å². The van der Waals surface area contributed by atoms with E-state index in [1.165, 1.54) is 0 Å². The Morgan fingerprint density at radius 3 is 2.38 bits per heavy atom. The van der Waals surface area contributed by atoms with Crippen molar-refractivity contribution in [2.75, 3.05) is 0 Å². The fraction of sp³-hybridized carbons (Fsp3) is 0.786. The van der Waals surface area contributed by atoms with Gasteiger partial charge in [0.25, 0.3) is 0 Å². The van der Waals surface area contributed by atoms with Crippen molar-refractivity contribution in [1.82, 2.24) is 4.98 Å². The van der Waals surface area contributed by atoms with Gasteiger partial charge in [0.1, 0.15) is 5.76 Å². The Balaban J connectivity index is 2.78. The zero-order valence-corrected chi connectivity index (χ0v) is 11.5. The zero-order valence-electron chi connectivity index (χ0n) is 11.5. The Kier molecular flexibility index (Phi) is 4.17. The van der Waals surface area contributed by atoms with E-state index in [1.807, 2.05) is 6.20 Å². The quantitative estimate of drug-likeness (QED) is 0.755. The van der Waals surface area contributed by atoms with Gasteiger partial charge in [-0.2, -0.15) is 0 Å². The summed E-state index contributed by atoms with van der Waals surface area (Å²) in [6, 6.07) is 0. The van der Waals surface area contributed by atoms with Crippen molar-refractivity contribution in [1.29, 1.82) is 0 Å². The van der Waals surface area contributed by atoms with E-state index >= 15 is 0 Å². The second-order valence-corrected chi connectivity index (χ2v) is 6.15. The van der Waals surface area contributed by atoms with E-state index in [1.54, 1.807) is 0 Å². The Hall–Kier alpha value is -0.790. The first kappa shape index (κ1) is 13.3. The normalized spacial score (nSPS) is 14.4. The molecule has 1 rings (SSSR count). The van der Waals surface area contributed by atoms with Crippen LogP contribution in [-0.4, -0.2) is 4.98 Å². The van der Waals surface area contributed by atoms with Gasteiger partial charge in [0.05, 0.1) is 6.20 Å². The van der Waals surface area contributed by atoms with Crippen molar-refractivity contribution in [2.24, 2.45) is 11.3 Å². The third kappa shape index (κ3) is 3.66. The Morgan fingerprint density at radius 2 is 1.94 bits per heavy atom. The molecule has 2 heteroatoms. The molecule has 0 fully saturated rings. The molecule has 0 saturated carbocycles. The summed E-state index contributed by atoms with van der Waals surface area (Å²) >= 11 is 0. The number of rotatable bonds is 4. The summed E-state index contributed by atoms with van der Waals surface area (Å²) in [6.45, 7) is 13.3. The SMILES string of the molecule is CCC(c1cnc(CC(C)(C)C)o1)C(C)C. The lowest BCUT2D eigenvalue weighted by atomic mass is 9.91. The number of nitrogens with zero attached hydrogens (tertiary/aromatic N) is 1. The van der Waals surface area contributed by atoms with Gasteiger partial charge in [0.15, 0.2) is 5.89 Å². The van der Waals surface area contributed by atoms with Crippen LogP contribution < -0.4 is 0 Å². The summed E-state index contributed by atoms with van der Waals surface area (Å²) in [5.41, 5.74) is 0.238. The average molecular weight is 223 g/mol. The molecule has 1 aromatic heterocycles. The van der Waals surface area contributed by atoms with Crippen molar-refractivity contribution >= 4 is 0 Å². The third-order valence-electron chi connectivity index (χ3n) is 2.86. The predicted molar refractivity (Wildman–Crippen MR) is 67.5 cm³/mol. The van der Waals surface area contributed by atoms with Crippen LogP contribution in [-0.2, 0) is 6.42 Å². The highest BCUT2D eigenvalue weighted by molar-refractivity contribution is 5.03. The lowest BCUT2D eigenvalue weighted by Crippen LogP contribution is -2.09. The van der Waals surface area contributed by atoms with Gasteiger partial charge < -0.3 is 4.42 Å². The van der Waals surface area contributed by atoms with Gasteiger partial charge in [-0.15, -0.1) is 0 Å². The van der Waals surface area contributed by atoms with Crippen LogP contribution >= 0.6 is 0 Å². The molecular formula is C14H25NO. The molecule has 92 valence electrons. The monoisotopic (exact) mass is 223 g/mol. The lowest BCUT2D eigenvalue weighted by Gasteiger charge is -2.16. The zero-order chi connectivity index (χ0) is 12.3. The van der Waals surface area contributed by atoms with E-state index in [2.05, 4.69) is 46.5 Å².